The first-order valence-corrected chi connectivity index (χ1v) is 9.91. The van der Waals surface area contributed by atoms with Gasteiger partial charge in [-0.2, -0.15) is 0 Å². The number of ether oxygens (including phenoxy) is 1. The fourth-order valence-corrected chi connectivity index (χ4v) is 4.11. The number of amides is 1. The van der Waals surface area contributed by atoms with Crippen molar-refractivity contribution in [3.05, 3.63) is 34.2 Å². The second kappa shape index (κ2) is 9.33. The fraction of sp³-hybridized carbons (Fsp3) is 0.700. The molecule has 2 aliphatic rings. The molecule has 2 aliphatic heterocycles. The van der Waals surface area contributed by atoms with Crippen LogP contribution in [0.4, 0.5) is 0 Å². The molecule has 1 atom stereocenters. The van der Waals surface area contributed by atoms with E-state index >= 15 is 0 Å². The molecule has 1 N–H and O–H groups in total. The molecule has 3 rings (SSSR count). The monoisotopic (exact) mass is 361 g/mol. The number of carbonyl (C=O) groups is 1. The largest absolute Gasteiger partial charge is 0.381 e. The van der Waals surface area contributed by atoms with Crippen molar-refractivity contribution in [3.8, 4) is 0 Å². The normalized spacial score (nSPS) is 22.3. The van der Waals surface area contributed by atoms with E-state index in [1.165, 1.54) is 0 Å². The molecule has 2 saturated heterocycles. The maximum Gasteiger partial charge on any atom is 0.250 e. The minimum atomic E-state index is 0.0238. The van der Waals surface area contributed by atoms with Crippen molar-refractivity contribution in [2.24, 2.45) is 5.92 Å². The maximum atomic E-state index is 12.5. The number of piperidine rings is 1. The summed E-state index contributed by atoms with van der Waals surface area (Å²) >= 11 is 0. The lowest BCUT2D eigenvalue weighted by Gasteiger charge is -2.39. The number of hydrogen-bond acceptors (Lipinski definition) is 4. The van der Waals surface area contributed by atoms with Crippen LogP contribution in [-0.4, -0.2) is 54.3 Å². The predicted molar refractivity (Wildman–Crippen MR) is 101 cm³/mol. The summed E-state index contributed by atoms with van der Waals surface area (Å²) in [6.45, 7) is 6.86. The standard InChI is InChI=1S/C20H31N3O3/c1-16-5-2-7-19(24)23(16)12-4-10-21-20(25)17-6-3-11-22(15-17)18-8-13-26-14-9-18/h2,5,7,17-18H,3-4,6,8-15H2,1H3,(H,21,25)/t17-/m1/s1. The van der Waals surface area contributed by atoms with Crippen LogP contribution in [0, 0.1) is 12.8 Å². The van der Waals surface area contributed by atoms with E-state index in [2.05, 4.69) is 10.2 Å². The van der Waals surface area contributed by atoms with Crippen molar-refractivity contribution < 1.29 is 9.53 Å². The van der Waals surface area contributed by atoms with Crippen molar-refractivity contribution in [3.63, 3.8) is 0 Å². The summed E-state index contributed by atoms with van der Waals surface area (Å²) in [4.78, 5) is 26.9. The minimum Gasteiger partial charge on any atom is -0.381 e. The molecule has 6 nitrogen and oxygen atoms in total. The maximum absolute atomic E-state index is 12.5. The smallest absolute Gasteiger partial charge is 0.250 e. The summed E-state index contributed by atoms with van der Waals surface area (Å²) in [6, 6.07) is 5.88. The Morgan fingerprint density at radius 1 is 1.27 bits per heavy atom. The number of pyridine rings is 1. The summed E-state index contributed by atoms with van der Waals surface area (Å²) in [7, 11) is 0. The topological polar surface area (TPSA) is 63.6 Å². The van der Waals surface area contributed by atoms with Crippen LogP contribution >= 0.6 is 0 Å². The zero-order valence-electron chi connectivity index (χ0n) is 15.8. The molecule has 0 saturated carbocycles. The third kappa shape index (κ3) is 4.95. The predicted octanol–water partition coefficient (Wildman–Crippen LogP) is 1.55. The number of rotatable bonds is 6. The third-order valence-electron chi connectivity index (χ3n) is 5.66. The van der Waals surface area contributed by atoms with Gasteiger partial charge in [-0.05, 0) is 51.6 Å². The highest BCUT2D eigenvalue weighted by Crippen LogP contribution is 2.23. The Hall–Kier alpha value is -1.66. The van der Waals surface area contributed by atoms with Gasteiger partial charge in [0.25, 0.3) is 5.56 Å². The van der Waals surface area contributed by atoms with E-state index in [1.54, 1.807) is 16.7 Å². The van der Waals surface area contributed by atoms with E-state index in [1.807, 2.05) is 13.0 Å². The molecule has 0 aliphatic carbocycles. The van der Waals surface area contributed by atoms with Crippen LogP contribution in [0.15, 0.2) is 23.0 Å². The molecule has 0 radical (unpaired) electrons. The zero-order valence-corrected chi connectivity index (χ0v) is 15.8. The molecule has 0 spiro atoms. The lowest BCUT2D eigenvalue weighted by Crippen LogP contribution is -2.48. The Balaban J connectivity index is 1.42. The fourth-order valence-electron chi connectivity index (χ4n) is 4.11. The minimum absolute atomic E-state index is 0.0238. The Morgan fingerprint density at radius 3 is 2.85 bits per heavy atom. The van der Waals surface area contributed by atoms with Crippen LogP contribution in [0.3, 0.4) is 0 Å². The highest BCUT2D eigenvalue weighted by Gasteiger charge is 2.30. The van der Waals surface area contributed by atoms with Crippen LogP contribution in [0.25, 0.3) is 0 Å². The Bertz CT molecular complexity index is 652. The first-order valence-electron chi connectivity index (χ1n) is 9.91. The lowest BCUT2D eigenvalue weighted by atomic mass is 9.94. The van der Waals surface area contributed by atoms with E-state index < -0.39 is 0 Å². The first kappa shape index (κ1) is 19.1. The van der Waals surface area contributed by atoms with Crippen molar-refractivity contribution in [1.82, 2.24) is 14.8 Å². The van der Waals surface area contributed by atoms with E-state index in [-0.39, 0.29) is 17.4 Å². The SMILES string of the molecule is Cc1cccc(=O)n1CCCNC(=O)[C@@H]1CCCN(C2CCOCC2)C1. The van der Waals surface area contributed by atoms with Gasteiger partial charge in [0.1, 0.15) is 0 Å². The van der Waals surface area contributed by atoms with E-state index in [9.17, 15) is 9.59 Å². The zero-order chi connectivity index (χ0) is 18.4. The average molecular weight is 361 g/mol. The molecule has 6 heteroatoms. The first-order chi connectivity index (χ1) is 12.6. The Labute approximate surface area is 155 Å². The van der Waals surface area contributed by atoms with Gasteiger partial charge in [-0.25, -0.2) is 0 Å². The van der Waals surface area contributed by atoms with Crippen molar-refractivity contribution in [2.75, 3.05) is 32.8 Å². The number of carbonyl (C=O) groups excluding carboxylic acids is 1. The van der Waals surface area contributed by atoms with Crippen molar-refractivity contribution in [1.29, 1.82) is 0 Å². The van der Waals surface area contributed by atoms with Gasteiger partial charge >= 0.3 is 0 Å². The van der Waals surface area contributed by atoms with Crippen LogP contribution in [0.5, 0.6) is 0 Å². The highest BCUT2D eigenvalue weighted by atomic mass is 16.5. The summed E-state index contributed by atoms with van der Waals surface area (Å²) < 4.78 is 7.22. The number of hydrogen-bond donors (Lipinski definition) is 1. The molecule has 0 aromatic carbocycles. The number of nitrogens with one attached hydrogen (secondary N) is 1. The molecule has 0 bridgehead atoms. The van der Waals surface area contributed by atoms with Gasteiger partial charge in [0.15, 0.2) is 0 Å². The number of likely N-dealkylation sites (tertiary alicyclic amines) is 1. The number of aryl methyl sites for hydroxylation is 1. The summed E-state index contributed by atoms with van der Waals surface area (Å²) in [5.74, 6) is 0.256. The molecule has 2 fully saturated rings. The lowest BCUT2D eigenvalue weighted by molar-refractivity contribution is -0.127. The van der Waals surface area contributed by atoms with Crippen molar-refractivity contribution in [2.45, 2.75) is 51.6 Å². The molecule has 1 aromatic rings. The molecule has 3 heterocycles. The Morgan fingerprint density at radius 2 is 2.08 bits per heavy atom. The third-order valence-corrected chi connectivity index (χ3v) is 5.66. The van der Waals surface area contributed by atoms with Crippen molar-refractivity contribution >= 4 is 5.91 Å². The molecule has 0 unspecified atom stereocenters. The molecule has 26 heavy (non-hydrogen) atoms. The van der Waals surface area contributed by atoms with Crippen LogP contribution in [0.1, 0.15) is 37.8 Å². The van der Waals surface area contributed by atoms with Crippen LogP contribution in [0.2, 0.25) is 0 Å². The van der Waals surface area contributed by atoms with Gasteiger partial charge in [0, 0.05) is 50.7 Å². The quantitative estimate of drug-likeness (QED) is 0.781. The average Bonchev–Trinajstić information content (AvgIpc) is 2.67. The van der Waals surface area contributed by atoms with Gasteiger partial charge < -0.3 is 14.6 Å². The Kier molecular flexibility index (Phi) is 6.86. The molecule has 144 valence electrons. The number of aromatic nitrogens is 1. The molecular weight excluding hydrogens is 330 g/mol. The second-order valence-corrected chi connectivity index (χ2v) is 7.48. The van der Waals surface area contributed by atoms with Gasteiger partial charge in [-0.15, -0.1) is 0 Å². The number of nitrogens with zero attached hydrogens (tertiary/aromatic N) is 2. The van der Waals surface area contributed by atoms with E-state index in [0.29, 0.717) is 19.1 Å². The van der Waals surface area contributed by atoms with Gasteiger partial charge in [0.05, 0.1) is 5.92 Å². The van der Waals surface area contributed by atoms with Gasteiger partial charge in [-0.3, -0.25) is 14.5 Å². The van der Waals surface area contributed by atoms with Crippen LogP contribution < -0.4 is 10.9 Å². The molecule has 1 aromatic heterocycles. The second-order valence-electron chi connectivity index (χ2n) is 7.48. The highest BCUT2D eigenvalue weighted by molar-refractivity contribution is 5.78. The molecule has 1 amide bonds. The summed E-state index contributed by atoms with van der Waals surface area (Å²) in [5.41, 5.74) is 0.985. The van der Waals surface area contributed by atoms with E-state index in [0.717, 1.165) is 64.1 Å². The van der Waals surface area contributed by atoms with Gasteiger partial charge in [-0.1, -0.05) is 6.07 Å². The summed E-state index contributed by atoms with van der Waals surface area (Å²) in [6.07, 6.45) is 5.00. The van der Waals surface area contributed by atoms with Gasteiger partial charge in [0.2, 0.25) is 5.91 Å². The van der Waals surface area contributed by atoms with Crippen LogP contribution in [-0.2, 0) is 16.1 Å². The summed E-state index contributed by atoms with van der Waals surface area (Å²) in [5, 5.41) is 3.08. The molecular formula is C20H31N3O3. The van der Waals surface area contributed by atoms with E-state index in [4.69, 9.17) is 4.74 Å².